The van der Waals surface area contributed by atoms with Gasteiger partial charge in [0.1, 0.15) is 5.69 Å². The van der Waals surface area contributed by atoms with Crippen LogP contribution in [-0.2, 0) is 0 Å². The standard InChI is InChI=1S/C12H21N5O2/c1-6-16(7-8(2)3)11-10(17(18)19)9(4)14-12(13-5)15-11/h8H,6-7H2,1-5H3,(H,13,14,15). The molecule has 1 rings (SSSR count). The highest BCUT2D eigenvalue weighted by Gasteiger charge is 2.25. The fourth-order valence-corrected chi connectivity index (χ4v) is 1.90. The van der Waals surface area contributed by atoms with Crippen LogP contribution in [0.2, 0.25) is 0 Å². The van der Waals surface area contributed by atoms with E-state index in [0.717, 1.165) is 6.54 Å². The smallest absolute Gasteiger partial charge is 0.332 e. The van der Waals surface area contributed by atoms with E-state index in [1.54, 1.807) is 14.0 Å². The van der Waals surface area contributed by atoms with Gasteiger partial charge in [0.2, 0.25) is 11.8 Å². The Morgan fingerprint density at radius 1 is 1.42 bits per heavy atom. The van der Waals surface area contributed by atoms with E-state index < -0.39 is 4.92 Å². The van der Waals surface area contributed by atoms with Crippen LogP contribution in [0.1, 0.15) is 26.5 Å². The lowest BCUT2D eigenvalue weighted by Gasteiger charge is -2.24. The second-order valence-corrected chi connectivity index (χ2v) is 4.74. The molecule has 0 bridgehead atoms. The maximum atomic E-state index is 11.2. The minimum atomic E-state index is -0.410. The lowest BCUT2D eigenvalue weighted by atomic mass is 10.2. The predicted molar refractivity (Wildman–Crippen MR) is 75.7 cm³/mol. The summed E-state index contributed by atoms with van der Waals surface area (Å²) in [7, 11) is 1.70. The maximum absolute atomic E-state index is 11.2. The van der Waals surface area contributed by atoms with Gasteiger partial charge in [-0.15, -0.1) is 0 Å². The van der Waals surface area contributed by atoms with E-state index in [-0.39, 0.29) is 5.69 Å². The summed E-state index contributed by atoms with van der Waals surface area (Å²) in [6.45, 7) is 9.12. The first-order valence-electron chi connectivity index (χ1n) is 6.36. The fraction of sp³-hybridized carbons (Fsp3) is 0.667. The number of aromatic nitrogens is 2. The number of aryl methyl sites for hydroxylation is 1. The van der Waals surface area contributed by atoms with Crippen molar-refractivity contribution in [3.05, 3.63) is 15.8 Å². The molecule has 0 radical (unpaired) electrons. The van der Waals surface area contributed by atoms with E-state index in [9.17, 15) is 10.1 Å². The normalized spacial score (nSPS) is 10.6. The summed E-state index contributed by atoms with van der Waals surface area (Å²) in [5.74, 6) is 1.19. The van der Waals surface area contributed by atoms with Crippen LogP contribution in [0.25, 0.3) is 0 Å². The van der Waals surface area contributed by atoms with Crippen molar-refractivity contribution in [3.63, 3.8) is 0 Å². The maximum Gasteiger partial charge on any atom is 0.332 e. The largest absolute Gasteiger partial charge is 0.357 e. The number of anilines is 2. The molecule has 0 aliphatic heterocycles. The Bertz CT molecular complexity index is 462. The molecule has 19 heavy (non-hydrogen) atoms. The molecule has 106 valence electrons. The van der Waals surface area contributed by atoms with Crippen LogP contribution in [0.3, 0.4) is 0 Å². The molecule has 7 heteroatoms. The Morgan fingerprint density at radius 2 is 2.05 bits per heavy atom. The van der Waals surface area contributed by atoms with Gasteiger partial charge < -0.3 is 10.2 Å². The molecule has 0 spiro atoms. The van der Waals surface area contributed by atoms with Gasteiger partial charge in [-0.3, -0.25) is 10.1 Å². The Hall–Kier alpha value is -1.92. The number of hydrogen-bond donors (Lipinski definition) is 1. The van der Waals surface area contributed by atoms with Gasteiger partial charge in [0.05, 0.1) is 4.92 Å². The summed E-state index contributed by atoms with van der Waals surface area (Å²) in [6.07, 6.45) is 0. The molecule has 0 aliphatic carbocycles. The zero-order valence-electron chi connectivity index (χ0n) is 12.1. The number of nitrogens with one attached hydrogen (secondary N) is 1. The molecule has 1 N–H and O–H groups in total. The van der Waals surface area contributed by atoms with Crippen molar-refractivity contribution in [1.82, 2.24) is 9.97 Å². The Kier molecular flexibility index (Phi) is 5.02. The van der Waals surface area contributed by atoms with Gasteiger partial charge in [-0.25, -0.2) is 4.98 Å². The van der Waals surface area contributed by atoms with Crippen molar-refractivity contribution in [2.24, 2.45) is 5.92 Å². The van der Waals surface area contributed by atoms with Crippen LogP contribution >= 0.6 is 0 Å². The fourth-order valence-electron chi connectivity index (χ4n) is 1.90. The van der Waals surface area contributed by atoms with Crippen molar-refractivity contribution in [2.45, 2.75) is 27.7 Å². The van der Waals surface area contributed by atoms with Gasteiger partial charge >= 0.3 is 5.69 Å². The zero-order chi connectivity index (χ0) is 14.6. The van der Waals surface area contributed by atoms with Crippen molar-refractivity contribution in [3.8, 4) is 0 Å². The Morgan fingerprint density at radius 3 is 2.47 bits per heavy atom. The third-order valence-corrected chi connectivity index (χ3v) is 2.71. The monoisotopic (exact) mass is 267 g/mol. The van der Waals surface area contributed by atoms with Gasteiger partial charge in [-0.1, -0.05) is 13.8 Å². The molecule has 1 heterocycles. The van der Waals surface area contributed by atoms with Gasteiger partial charge in [0, 0.05) is 20.1 Å². The molecule has 1 aromatic heterocycles. The van der Waals surface area contributed by atoms with Crippen molar-refractivity contribution in [2.75, 3.05) is 30.4 Å². The van der Waals surface area contributed by atoms with Crippen LogP contribution < -0.4 is 10.2 Å². The van der Waals surface area contributed by atoms with Crippen LogP contribution in [-0.4, -0.2) is 35.0 Å². The predicted octanol–water partition coefficient (Wildman–Crippen LogP) is 2.22. The molecule has 0 unspecified atom stereocenters. The first-order chi connectivity index (χ1) is 8.90. The van der Waals surface area contributed by atoms with E-state index in [1.807, 2.05) is 11.8 Å². The van der Waals surface area contributed by atoms with Crippen LogP contribution in [0, 0.1) is 23.0 Å². The molecule has 0 fully saturated rings. The van der Waals surface area contributed by atoms with Crippen LogP contribution in [0.5, 0.6) is 0 Å². The molecule has 1 aromatic rings. The highest BCUT2D eigenvalue weighted by atomic mass is 16.6. The molecule has 0 saturated heterocycles. The topological polar surface area (TPSA) is 84.2 Å². The van der Waals surface area contributed by atoms with E-state index >= 15 is 0 Å². The molecule has 0 aliphatic rings. The first kappa shape index (κ1) is 15.1. The van der Waals surface area contributed by atoms with Gasteiger partial charge in [0.15, 0.2) is 0 Å². The summed E-state index contributed by atoms with van der Waals surface area (Å²) in [4.78, 5) is 21.1. The lowest BCUT2D eigenvalue weighted by molar-refractivity contribution is -0.385. The first-order valence-corrected chi connectivity index (χ1v) is 6.36. The van der Waals surface area contributed by atoms with Crippen LogP contribution in [0.4, 0.5) is 17.5 Å². The van der Waals surface area contributed by atoms with Crippen LogP contribution in [0.15, 0.2) is 0 Å². The molecular weight excluding hydrogens is 246 g/mol. The summed E-state index contributed by atoms with van der Waals surface area (Å²) < 4.78 is 0. The number of rotatable bonds is 6. The quantitative estimate of drug-likeness (QED) is 0.628. The average molecular weight is 267 g/mol. The highest BCUT2D eigenvalue weighted by molar-refractivity contribution is 5.62. The third kappa shape index (κ3) is 3.52. The minimum Gasteiger partial charge on any atom is -0.357 e. The Labute approximate surface area is 113 Å². The van der Waals surface area contributed by atoms with Gasteiger partial charge in [-0.2, -0.15) is 4.98 Å². The van der Waals surface area contributed by atoms with Crippen molar-refractivity contribution < 1.29 is 4.92 Å². The van der Waals surface area contributed by atoms with Gasteiger partial charge in [-0.05, 0) is 19.8 Å². The Balaban J connectivity index is 3.35. The molecular formula is C12H21N5O2. The molecule has 0 saturated carbocycles. The second kappa shape index (κ2) is 6.31. The summed E-state index contributed by atoms with van der Waals surface area (Å²) in [5, 5.41) is 14.1. The highest BCUT2D eigenvalue weighted by Crippen LogP contribution is 2.30. The van der Waals surface area contributed by atoms with Crippen molar-refractivity contribution >= 4 is 17.5 Å². The SMILES string of the molecule is CCN(CC(C)C)c1nc(NC)nc(C)c1[N+](=O)[O-]. The number of nitro groups is 1. The van der Waals surface area contributed by atoms with Gasteiger partial charge in [0.25, 0.3) is 0 Å². The molecule has 0 aromatic carbocycles. The average Bonchev–Trinajstić information content (AvgIpc) is 2.33. The molecule has 7 nitrogen and oxygen atoms in total. The summed E-state index contributed by atoms with van der Waals surface area (Å²) in [6, 6.07) is 0. The molecule has 0 atom stereocenters. The van der Waals surface area contributed by atoms with E-state index in [2.05, 4.69) is 29.1 Å². The van der Waals surface area contributed by atoms with E-state index in [1.165, 1.54) is 0 Å². The minimum absolute atomic E-state index is 0.0125. The second-order valence-electron chi connectivity index (χ2n) is 4.74. The lowest BCUT2D eigenvalue weighted by Crippen LogP contribution is -2.29. The number of hydrogen-bond acceptors (Lipinski definition) is 6. The molecule has 0 amide bonds. The summed E-state index contributed by atoms with van der Waals surface area (Å²) in [5.41, 5.74) is 0.364. The van der Waals surface area contributed by atoms with Crippen molar-refractivity contribution in [1.29, 1.82) is 0 Å². The summed E-state index contributed by atoms with van der Waals surface area (Å²) >= 11 is 0. The zero-order valence-corrected chi connectivity index (χ0v) is 12.1. The number of nitrogens with zero attached hydrogens (tertiary/aromatic N) is 4. The third-order valence-electron chi connectivity index (χ3n) is 2.71. The van der Waals surface area contributed by atoms with E-state index in [0.29, 0.717) is 29.9 Å². The van der Waals surface area contributed by atoms with E-state index in [4.69, 9.17) is 0 Å².